The summed E-state index contributed by atoms with van der Waals surface area (Å²) in [4.78, 5) is 8.44. The maximum atomic E-state index is 4.36. The zero-order valence-electron chi connectivity index (χ0n) is 6.25. The summed E-state index contributed by atoms with van der Waals surface area (Å²) in [6.07, 6.45) is 3.64. The summed E-state index contributed by atoms with van der Waals surface area (Å²) in [6, 6.07) is 0. The first-order valence-corrected chi connectivity index (χ1v) is 5.39. The lowest BCUT2D eigenvalue weighted by Crippen LogP contribution is -1.84. The number of rotatable bonds is 0. The molecular formula is C7H5I2N3. The molecule has 0 saturated heterocycles. The Bertz CT molecular complexity index is 435. The van der Waals surface area contributed by atoms with Crippen LogP contribution in [0.15, 0.2) is 12.4 Å². The van der Waals surface area contributed by atoms with Crippen molar-refractivity contribution >= 4 is 56.5 Å². The van der Waals surface area contributed by atoms with Crippen LogP contribution in [0.3, 0.4) is 0 Å². The molecule has 0 atom stereocenters. The highest BCUT2D eigenvalue weighted by molar-refractivity contribution is 14.1. The van der Waals surface area contributed by atoms with Crippen LogP contribution in [0.2, 0.25) is 0 Å². The molecule has 0 aliphatic heterocycles. The molecule has 0 fully saturated rings. The Labute approximate surface area is 97.2 Å². The van der Waals surface area contributed by atoms with Crippen LogP contribution in [0.5, 0.6) is 0 Å². The summed E-state index contributed by atoms with van der Waals surface area (Å²) in [5.41, 5.74) is 2.12. The van der Waals surface area contributed by atoms with Gasteiger partial charge in [0.2, 0.25) is 0 Å². The van der Waals surface area contributed by atoms with Crippen LogP contribution in [0.25, 0.3) is 11.0 Å². The molecule has 2 aromatic rings. The van der Waals surface area contributed by atoms with Gasteiger partial charge in [-0.15, -0.1) is 0 Å². The molecule has 0 N–H and O–H groups in total. The van der Waals surface area contributed by atoms with Gasteiger partial charge in [0.15, 0.2) is 0 Å². The number of imidazole rings is 1. The zero-order chi connectivity index (χ0) is 8.72. The number of aryl methyl sites for hydroxylation is 1. The molecule has 12 heavy (non-hydrogen) atoms. The zero-order valence-corrected chi connectivity index (χ0v) is 10.6. The van der Waals surface area contributed by atoms with Gasteiger partial charge in [0.1, 0.15) is 11.3 Å². The third-order valence-corrected chi connectivity index (χ3v) is 3.59. The first-order chi connectivity index (χ1) is 5.70. The second-order valence-corrected chi connectivity index (χ2v) is 4.56. The number of hydrogen-bond donors (Lipinski definition) is 0. The molecule has 0 saturated carbocycles. The SMILES string of the molecule is Cc1nc2cncc(I)c2n1I. The Hall–Kier alpha value is 0.0800. The molecule has 0 spiro atoms. The fourth-order valence-corrected chi connectivity index (χ4v) is 2.83. The molecule has 2 heterocycles. The van der Waals surface area contributed by atoms with Crippen molar-refractivity contribution in [2.24, 2.45) is 0 Å². The molecule has 0 radical (unpaired) electrons. The predicted octanol–water partition coefficient (Wildman–Crippen LogP) is 2.54. The van der Waals surface area contributed by atoms with Crippen LogP contribution in [0.4, 0.5) is 0 Å². The molecule has 0 aliphatic rings. The Morgan fingerprint density at radius 1 is 1.42 bits per heavy atom. The summed E-state index contributed by atoms with van der Waals surface area (Å²) < 4.78 is 3.19. The van der Waals surface area contributed by atoms with Gasteiger partial charge in [0.25, 0.3) is 0 Å². The number of nitrogens with zero attached hydrogens (tertiary/aromatic N) is 3. The molecular weight excluding hydrogens is 380 g/mol. The minimum atomic E-state index is 0.966. The van der Waals surface area contributed by atoms with E-state index in [0.717, 1.165) is 20.4 Å². The van der Waals surface area contributed by atoms with E-state index in [-0.39, 0.29) is 0 Å². The van der Waals surface area contributed by atoms with Crippen LogP contribution >= 0.6 is 45.5 Å². The Balaban J connectivity index is 2.97. The van der Waals surface area contributed by atoms with E-state index in [0.29, 0.717) is 0 Å². The molecule has 0 aromatic carbocycles. The lowest BCUT2D eigenvalue weighted by molar-refractivity contribution is 1.15. The van der Waals surface area contributed by atoms with E-state index in [4.69, 9.17) is 0 Å². The molecule has 0 amide bonds. The van der Waals surface area contributed by atoms with Gasteiger partial charge in [-0.1, -0.05) is 0 Å². The highest BCUT2D eigenvalue weighted by Crippen LogP contribution is 2.22. The topological polar surface area (TPSA) is 30.7 Å². The summed E-state index contributed by atoms with van der Waals surface area (Å²) in [7, 11) is 0. The number of halogens is 2. The second kappa shape index (κ2) is 3.09. The van der Waals surface area contributed by atoms with Crippen molar-refractivity contribution in [2.45, 2.75) is 6.92 Å². The van der Waals surface area contributed by atoms with Crippen molar-refractivity contribution in [3.63, 3.8) is 0 Å². The molecule has 2 rings (SSSR count). The van der Waals surface area contributed by atoms with Gasteiger partial charge in [-0.3, -0.25) is 7.76 Å². The number of aromatic nitrogens is 3. The standard InChI is InChI=1S/C7H5I2N3/c1-4-11-6-3-10-2-5(8)7(6)12(4)9/h2-3H,1H3. The van der Waals surface area contributed by atoms with Gasteiger partial charge in [0.05, 0.1) is 38.1 Å². The number of fused-ring (bicyclic) bond motifs is 1. The van der Waals surface area contributed by atoms with Gasteiger partial charge in [-0.25, -0.2) is 4.98 Å². The molecule has 3 nitrogen and oxygen atoms in total. The van der Waals surface area contributed by atoms with Crippen molar-refractivity contribution in [1.29, 1.82) is 0 Å². The van der Waals surface area contributed by atoms with Gasteiger partial charge < -0.3 is 0 Å². The lowest BCUT2D eigenvalue weighted by atomic mass is 10.4. The molecule has 5 heteroatoms. The van der Waals surface area contributed by atoms with Crippen LogP contribution in [0, 0.1) is 10.5 Å². The number of pyridine rings is 1. The Kier molecular flexibility index (Phi) is 2.23. The van der Waals surface area contributed by atoms with E-state index in [1.54, 1.807) is 6.20 Å². The van der Waals surface area contributed by atoms with Gasteiger partial charge in [0, 0.05) is 6.20 Å². The van der Waals surface area contributed by atoms with E-state index < -0.39 is 0 Å². The average Bonchev–Trinajstić information content (AvgIpc) is 2.29. The lowest BCUT2D eigenvalue weighted by Gasteiger charge is -1.95. The van der Waals surface area contributed by atoms with Gasteiger partial charge >= 0.3 is 0 Å². The molecule has 0 unspecified atom stereocenters. The minimum absolute atomic E-state index is 0.966. The third-order valence-electron chi connectivity index (χ3n) is 1.62. The first kappa shape index (κ1) is 8.67. The van der Waals surface area contributed by atoms with Crippen molar-refractivity contribution < 1.29 is 0 Å². The maximum absolute atomic E-state index is 4.36. The molecule has 0 aliphatic carbocycles. The minimum Gasteiger partial charge on any atom is -0.267 e. The third kappa shape index (κ3) is 1.22. The molecule has 0 bridgehead atoms. The normalized spacial score (nSPS) is 10.9. The van der Waals surface area contributed by atoms with E-state index in [1.165, 1.54) is 0 Å². The average molecular weight is 385 g/mol. The Morgan fingerprint density at radius 3 is 2.83 bits per heavy atom. The summed E-state index contributed by atoms with van der Waals surface area (Å²) in [6.45, 7) is 1.99. The van der Waals surface area contributed by atoms with Crippen molar-refractivity contribution in [2.75, 3.05) is 0 Å². The fraction of sp³-hybridized carbons (Fsp3) is 0.143. The van der Waals surface area contributed by atoms with Crippen molar-refractivity contribution in [1.82, 2.24) is 12.7 Å². The maximum Gasteiger partial charge on any atom is 0.115 e. The van der Waals surface area contributed by atoms with E-state index in [2.05, 4.69) is 58.2 Å². The Morgan fingerprint density at radius 2 is 2.17 bits per heavy atom. The second-order valence-electron chi connectivity index (χ2n) is 2.43. The van der Waals surface area contributed by atoms with Gasteiger partial charge in [-0.05, 0) is 29.5 Å². The van der Waals surface area contributed by atoms with Crippen molar-refractivity contribution in [3.05, 3.63) is 21.8 Å². The van der Waals surface area contributed by atoms with Crippen LogP contribution in [-0.2, 0) is 0 Å². The van der Waals surface area contributed by atoms with E-state index >= 15 is 0 Å². The van der Waals surface area contributed by atoms with E-state index in [9.17, 15) is 0 Å². The van der Waals surface area contributed by atoms with Gasteiger partial charge in [-0.2, -0.15) is 0 Å². The largest absolute Gasteiger partial charge is 0.267 e. The molecule has 62 valence electrons. The fourth-order valence-electron chi connectivity index (χ4n) is 1.07. The highest BCUT2D eigenvalue weighted by Gasteiger charge is 2.07. The predicted molar refractivity (Wildman–Crippen MR) is 64.4 cm³/mol. The highest BCUT2D eigenvalue weighted by atomic mass is 127. The molecule has 2 aromatic heterocycles. The first-order valence-electron chi connectivity index (χ1n) is 3.35. The summed E-state index contributed by atoms with van der Waals surface area (Å²) in [5, 5.41) is 0. The summed E-state index contributed by atoms with van der Waals surface area (Å²) >= 11 is 4.51. The van der Waals surface area contributed by atoms with E-state index in [1.807, 2.05) is 13.1 Å². The smallest absolute Gasteiger partial charge is 0.115 e. The monoisotopic (exact) mass is 385 g/mol. The quantitative estimate of drug-likeness (QED) is 0.653. The summed E-state index contributed by atoms with van der Waals surface area (Å²) in [5.74, 6) is 1.01. The van der Waals surface area contributed by atoms with Crippen LogP contribution in [0.1, 0.15) is 5.82 Å². The van der Waals surface area contributed by atoms with Crippen molar-refractivity contribution in [3.8, 4) is 0 Å². The number of hydrogen-bond acceptors (Lipinski definition) is 2. The van der Waals surface area contributed by atoms with Crippen LogP contribution < -0.4 is 0 Å². The van der Waals surface area contributed by atoms with Crippen LogP contribution in [-0.4, -0.2) is 12.7 Å².